The molecule has 4 rings (SSSR count). The number of nitrogens with zero attached hydrogens (tertiary/aromatic N) is 3. The molecule has 1 amide bonds. The highest BCUT2D eigenvalue weighted by Gasteiger charge is 2.23. The van der Waals surface area contributed by atoms with Gasteiger partial charge >= 0.3 is 0 Å². The third kappa shape index (κ3) is 3.89. The number of carbonyl (C=O) groups excluding carboxylic acids is 1. The number of aromatic nitrogens is 3. The van der Waals surface area contributed by atoms with Gasteiger partial charge in [-0.05, 0) is 37.6 Å². The molecule has 0 spiro atoms. The molecule has 0 radical (unpaired) electrons. The summed E-state index contributed by atoms with van der Waals surface area (Å²) in [5, 5.41) is 7.30. The Kier molecular flexibility index (Phi) is 5.72. The van der Waals surface area contributed by atoms with E-state index in [1.807, 2.05) is 41.0 Å². The zero-order chi connectivity index (χ0) is 21.1. The molecule has 0 fully saturated rings. The van der Waals surface area contributed by atoms with Gasteiger partial charge in [-0.25, -0.2) is 4.98 Å². The molecule has 0 atom stereocenters. The highest BCUT2D eigenvalue weighted by Crippen LogP contribution is 2.26. The number of ether oxygens (including phenoxy) is 1. The predicted molar refractivity (Wildman–Crippen MR) is 115 cm³/mol. The summed E-state index contributed by atoms with van der Waals surface area (Å²) in [7, 11) is 0. The fraction of sp³-hybridized carbons (Fsp3) is 0.227. The normalized spacial score (nSPS) is 11.0. The van der Waals surface area contributed by atoms with Gasteiger partial charge < -0.3 is 13.8 Å². The number of anilines is 1. The standard InChI is InChI=1S/C22H21ClN4O3/c1-3-12-27-18-10-6-5-9-17(18)24-22(27)25-21(28)20-15(14(2)30-26-20)13-29-19-11-7-4-8-16(19)23/h4-11H,3,12-13H2,1-2H3,(H,24,25,28). The van der Waals surface area contributed by atoms with Gasteiger partial charge in [-0.2, -0.15) is 0 Å². The van der Waals surface area contributed by atoms with Crippen LogP contribution < -0.4 is 10.1 Å². The number of nitrogens with one attached hydrogen (secondary N) is 1. The van der Waals surface area contributed by atoms with Gasteiger partial charge in [0.15, 0.2) is 5.69 Å². The lowest BCUT2D eigenvalue weighted by molar-refractivity contribution is 0.101. The molecule has 30 heavy (non-hydrogen) atoms. The first-order valence-corrected chi connectivity index (χ1v) is 10.1. The van der Waals surface area contributed by atoms with E-state index in [4.69, 9.17) is 20.9 Å². The Hall–Kier alpha value is -3.32. The number of para-hydroxylation sites is 3. The van der Waals surface area contributed by atoms with Gasteiger partial charge in [-0.1, -0.05) is 47.9 Å². The van der Waals surface area contributed by atoms with Crippen molar-refractivity contribution in [3.63, 3.8) is 0 Å². The third-order valence-corrected chi connectivity index (χ3v) is 5.05. The van der Waals surface area contributed by atoms with E-state index in [0.717, 1.165) is 24.0 Å². The smallest absolute Gasteiger partial charge is 0.280 e. The molecule has 2 heterocycles. The van der Waals surface area contributed by atoms with E-state index in [0.29, 0.717) is 28.0 Å². The van der Waals surface area contributed by atoms with Crippen LogP contribution in [0, 0.1) is 6.92 Å². The van der Waals surface area contributed by atoms with Crippen LogP contribution in [0.2, 0.25) is 5.02 Å². The number of benzene rings is 2. The van der Waals surface area contributed by atoms with Crippen LogP contribution in [-0.4, -0.2) is 20.6 Å². The molecule has 0 aliphatic rings. The summed E-state index contributed by atoms with van der Waals surface area (Å²) in [6, 6.07) is 14.9. The van der Waals surface area contributed by atoms with Crippen molar-refractivity contribution in [1.82, 2.24) is 14.7 Å². The van der Waals surface area contributed by atoms with E-state index in [1.165, 1.54) is 0 Å². The number of aryl methyl sites for hydroxylation is 2. The zero-order valence-corrected chi connectivity index (χ0v) is 17.4. The Morgan fingerprint density at radius 3 is 2.77 bits per heavy atom. The highest BCUT2D eigenvalue weighted by molar-refractivity contribution is 6.32. The van der Waals surface area contributed by atoms with Crippen molar-refractivity contribution in [1.29, 1.82) is 0 Å². The topological polar surface area (TPSA) is 82.2 Å². The monoisotopic (exact) mass is 424 g/mol. The molecule has 0 saturated carbocycles. The van der Waals surface area contributed by atoms with Crippen LogP contribution in [-0.2, 0) is 13.2 Å². The van der Waals surface area contributed by atoms with Crippen molar-refractivity contribution >= 4 is 34.5 Å². The van der Waals surface area contributed by atoms with Crippen LogP contribution in [0.1, 0.15) is 35.2 Å². The minimum atomic E-state index is -0.405. The van der Waals surface area contributed by atoms with Crippen LogP contribution in [0.3, 0.4) is 0 Å². The van der Waals surface area contributed by atoms with Gasteiger partial charge in [0.05, 0.1) is 21.6 Å². The number of fused-ring (bicyclic) bond motifs is 1. The molecule has 0 aliphatic heterocycles. The van der Waals surface area contributed by atoms with E-state index in [9.17, 15) is 4.79 Å². The molecular weight excluding hydrogens is 404 g/mol. The van der Waals surface area contributed by atoms with Crippen molar-refractivity contribution in [2.45, 2.75) is 33.4 Å². The van der Waals surface area contributed by atoms with E-state index in [1.54, 1.807) is 19.1 Å². The molecule has 8 heteroatoms. The Balaban J connectivity index is 1.58. The number of halogens is 1. The summed E-state index contributed by atoms with van der Waals surface area (Å²) >= 11 is 6.15. The summed E-state index contributed by atoms with van der Waals surface area (Å²) in [6.07, 6.45) is 0.906. The quantitative estimate of drug-likeness (QED) is 0.439. The van der Waals surface area contributed by atoms with E-state index in [-0.39, 0.29) is 12.3 Å². The molecule has 1 N–H and O–H groups in total. The second kappa shape index (κ2) is 8.59. The second-order valence-electron chi connectivity index (χ2n) is 6.81. The van der Waals surface area contributed by atoms with Crippen LogP contribution in [0.4, 0.5) is 5.95 Å². The molecule has 2 aromatic heterocycles. The molecule has 0 unspecified atom stereocenters. The lowest BCUT2D eigenvalue weighted by atomic mass is 10.2. The number of hydrogen-bond donors (Lipinski definition) is 1. The maximum Gasteiger partial charge on any atom is 0.280 e. The fourth-order valence-corrected chi connectivity index (χ4v) is 3.42. The fourth-order valence-electron chi connectivity index (χ4n) is 3.23. The average molecular weight is 425 g/mol. The molecular formula is C22H21ClN4O3. The minimum absolute atomic E-state index is 0.104. The zero-order valence-electron chi connectivity index (χ0n) is 16.7. The van der Waals surface area contributed by atoms with Crippen LogP contribution in [0.5, 0.6) is 5.75 Å². The van der Waals surface area contributed by atoms with E-state index >= 15 is 0 Å². The number of carbonyl (C=O) groups is 1. The summed E-state index contributed by atoms with van der Waals surface area (Å²) in [5.74, 6) is 1.10. The van der Waals surface area contributed by atoms with Gasteiger partial charge in [0.2, 0.25) is 5.95 Å². The van der Waals surface area contributed by atoms with Crippen LogP contribution in [0.25, 0.3) is 11.0 Å². The van der Waals surface area contributed by atoms with Gasteiger partial charge in [-0.15, -0.1) is 0 Å². The Labute approximate surface area is 178 Å². The van der Waals surface area contributed by atoms with Gasteiger partial charge in [-0.3, -0.25) is 10.1 Å². The molecule has 0 saturated heterocycles. The van der Waals surface area contributed by atoms with Gasteiger partial charge in [0.1, 0.15) is 18.1 Å². The van der Waals surface area contributed by atoms with Gasteiger partial charge in [0.25, 0.3) is 5.91 Å². The lowest BCUT2D eigenvalue weighted by Crippen LogP contribution is -2.18. The first-order chi connectivity index (χ1) is 14.6. The second-order valence-corrected chi connectivity index (χ2v) is 7.22. The van der Waals surface area contributed by atoms with E-state index in [2.05, 4.69) is 22.4 Å². The summed E-state index contributed by atoms with van der Waals surface area (Å²) in [4.78, 5) is 17.6. The lowest BCUT2D eigenvalue weighted by Gasteiger charge is -2.10. The summed E-state index contributed by atoms with van der Waals surface area (Å²) in [6.45, 7) is 4.65. The number of hydrogen-bond acceptors (Lipinski definition) is 5. The maximum absolute atomic E-state index is 13.0. The molecule has 4 aromatic rings. The molecule has 0 bridgehead atoms. The Bertz CT molecular complexity index is 1200. The number of amides is 1. The first-order valence-electron chi connectivity index (χ1n) is 9.67. The van der Waals surface area contributed by atoms with Crippen molar-refractivity contribution in [3.05, 3.63) is 70.6 Å². The van der Waals surface area contributed by atoms with Crippen molar-refractivity contribution in [3.8, 4) is 5.75 Å². The molecule has 154 valence electrons. The first kappa shape index (κ1) is 20.0. The SMILES string of the molecule is CCCn1c(NC(=O)c2noc(C)c2COc2ccccc2Cl)nc2ccccc21. The largest absolute Gasteiger partial charge is 0.487 e. The minimum Gasteiger partial charge on any atom is -0.487 e. The highest BCUT2D eigenvalue weighted by atomic mass is 35.5. The predicted octanol–water partition coefficient (Wildman–Crippen LogP) is 5.23. The third-order valence-electron chi connectivity index (χ3n) is 4.74. The van der Waals surface area contributed by atoms with Crippen molar-refractivity contribution in [2.24, 2.45) is 0 Å². The Morgan fingerprint density at radius 1 is 1.20 bits per heavy atom. The Morgan fingerprint density at radius 2 is 1.97 bits per heavy atom. The maximum atomic E-state index is 13.0. The summed E-state index contributed by atoms with van der Waals surface area (Å²) < 4.78 is 13.0. The number of rotatable bonds is 7. The average Bonchev–Trinajstić information content (AvgIpc) is 3.28. The summed E-state index contributed by atoms with van der Waals surface area (Å²) in [5.41, 5.74) is 2.51. The number of imidazole rings is 1. The van der Waals surface area contributed by atoms with Crippen LogP contribution >= 0.6 is 11.6 Å². The van der Waals surface area contributed by atoms with Crippen LogP contribution in [0.15, 0.2) is 53.1 Å². The van der Waals surface area contributed by atoms with Gasteiger partial charge in [0, 0.05) is 6.54 Å². The van der Waals surface area contributed by atoms with E-state index < -0.39 is 5.91 Å². The van der Waals surface area contributed by atoms with Crippen molar-refractivity contribution < 1.29 is 14.1 Å². The molecule has 7 nitrogen and oxygen atoms in total. The van der Waals surface area contributed by atoms with Crippen molar-refractivity contribution in [2.75, 3.05) is 5.32 Å². The molecule has 2 aromatic carbocycles. The molecule has 0 aliphatic carbocycles.